The van der Waals surface area contributed by atoms with E-state index in [0.29, 0.717) is 18.8 Å². The van der Waals surface area contributed by atoms with Crippen LogP contribution < -0.4 is 34.7 Å². The topological polar surface area (TPSA) is 57.9 Å². The number of halogens is 1. The smallest absolute Gasteiger partial charge is 0.550 e. The predicted molar refractivity (Wildman–Crippen MR) is 58.8 cm³/mol. The molecule has 0 aliphatic heterocycles. The minimum Gasteiger partial charge on any atom is -0.550 e. The van der Waals surface area contributed by atoms with E-state index in [-0.39, 0.29) is 36.0 Å². The molecule has 0 amide bonds. The van der Waals surface area contributed by atoms with Crippen LogP contribution in [0.1, 0.15) is 18.7 Å². The molecule has 18 heavy (non-hydrogen) atoms. The minimum atomic E-state index is -1.09. The molecule has 1 heterocycles. The number of hydrogen-bond acceptors (Lipinski definition) is 3. The van der Waals surface area contributed by atoms with Crippen molar-refractivity contribution in [3.05, 3.63) is 30.1 Å². The van der Waals surface area contributed by atoms with Crippen molar-refractivity contribution in [3.63, 3.8) is 0 Å². The quantitative estimate of drug-likeness (QED) is 0.585. The Morgan fingerprint density at radius 2 is 2.11 bits per heavy atom. The number of aliphatic carboxylic acids is 1. The number of carboxylic acids is 1. The first-order chi connectivity index (χ1) is 8.22. The van der Waals surface area contributed by atoms with Gasteiger partial charge in [0.25, 0.3) is 0 Å². The molecular weight excluding hydrogens is 246 g/mol. The standard InChI is InChI=1S/C12H13FN2O2.Na/c13-8-11-14-9-4-1-2-5-10(9)15(11)7-3-6-12(16)17;/h1-2,4-5H,3,6-8H2,(H,16,17);/q;+1/p-1. The van der Waals surface area contributed by atoms with Crippen molar-refractivity contribution in [2.24, 2.45) is 0 Å². The molecule has 0 spiro atoms. The summed E-state index contributed by atoms with van der Waals surface area (Å²) in [6.07, 6.45) is 0.383. The third-order valence-electron chi connectivity index (χ3n) is 2.62. The summed E-state index contributed by atoms with van der Waals surface area (Å²) in [6, 6.07) is 7.34. The Labute approximate surface area is 126 Å². The second-order valence-corrected chi connectivity index (χ2v) is 3.78. The summed E-state index contributed by atoms with van der Waals surface area (Å²) < 4.78 is 14.5. The maximum absolute atomic E-state index is 12.8. The zero-order valence-electron chi connectivity index (χ0n) is 10.2. The maximum Gasteiger partial charge on any atom is 1.00 e. The third kappa shape index (κ3) is 3.31. The summed E-state index contributed by atoms with van der Waals surface area (Å²) in [5, 5.41) is 10.3. The molecule has 2 aromatic rings. The zero-order valence-corrected chi connectivity index (χ0v) is 12.2. The molecule has 6 heteroatoms. The molecule has 0 fully saturated rings. The second-order valence-electron chi connectivity index (χ2n) is 3.78. The fourth-order valence-corrected chi connectivity index (χ4v) is 1.86. The van der Waals surface area contributed by atoms with Crippen molar-refractivity contribution in [2.75, 3.05) is 0 Å². The number of rotatable bonds is 5. The molecule has 0 aliphatic rings. The van der Waals surface area contributed by atoms with E-state index in [9.17, 15) is 14.3 Å². The van der Waals surface area contributed by atoms with Crippen molar-refractivity contribution in [1.29, 1.82) is 0 Å². The van der Waals surface area contributed by atoms with Gasteiger partial charge < -0.3 is 14.5 Å². The van der Waals surface area contributed by atoms with Crippen LogP contribution in [0.4, 0.5) is 4.39 Å². The molecule has 0 atom stereocenters. The van der Waals surface area contributed by atoms with Crippen molar-refractivity contribution in [2.45, 2.75) is 26.1 Å². The van der Waals surface area contributed by atoms with E-state index in [0.717, 1.165) is 11.0 Å². The number of aryl methyl sites for hydroxylation is 1. The van der Waals surface area contributed by atoms with Gasteiger partial charge in [-0.25, -0.2) is 9.37 Å². The first kappa shape index (κ1) is 15.1. The second kappa shape index (κ2) is 6.87. The normalized spacial score (nSPS) is 10.3. The monoisotopic (exact) mass is 258 g/mol. The number of para-hydroxylation sites is 2. The van der Waals surface area contributed by atoms with Gasteiger partial charge in [0, 0.05) is 12.5 Å². The molecular formula is C12H12FN2NaO2. The van der Waals surface area contributed by atoms with Gasteiger partial charge in [0.1, 0.15) is 12.5 Å². The molecule has 0 aliphatic carbocycles. The average molecular weight is 258 g/mol. The van der Waals surface area contributed by atoms with Gasteiger partial charge in [0.05, 0.1) is 11.0 Å². The summed E-state index contributed by atoms with van der Waals surface area (Å²) in [4.78, 5) is 14.5. The summed E-state index contributed by atoms with van der Waals surface area (Å²) in [6.45, 7) is -0.215. The van der Waals surface area contributed by atoms with E-state index in [1.54, 1.807) is 4.57 Å². The molecule has 2 rings (SSSR count). The first-order valence-corrected chi connectivity index (χ1v) is 5.42. The van der Waals surface area contributed by atoms with Gasteiger partial charge >= 0.3 is 29.6 Å². The first-order valence-electron chi connectivity index (χ1n) is 5.42. The van der Waals surface area contributed by atoms with Crippen LogP contribution in [0.5, 0.6) is 0 Å². The number of carboxylic acid groups (broad SMARTS) is 1. The van der Waals surface area contributed by atoms with Gasteiger partial charge in [-0.2, -0.15) is 0 Å². The summed E-state index contributed by atoms with van der Waals surface area (Å²) in [5.74, 6) is -0.749. The minimum absolute atomic E-state index is 0. The van der Waals surface area contributed by atoms with Crippen LogP contribution in [0, 0.1) is 0 Å². The number of benzene rings is 1. The van der Waals surface area contributed by atoms with Crippen LogP contribution in [0.2, 0.25) is 0 Å². The van der Waals surface area contributed by atoms with Crippen molar-refractivity contribution in [3.8, 4) is 0 Å². The molecule has 0 unspecified atom stereocenters. The number of carbonyl (C=O) groups excluding carboxylic acids is 1. The number of aromatic nitrogens is 2. The SMILES string of the molecule is O=C([O-])CCCn1c(CF)nc2ccccc21.[Na+]. The largest absolute Gasteiger partial charge is 1.00 e. The van der Waals surface area contributed by atoms with Crippen molar-refractivity contribution < 1.29 is 43.8 Å². The molecule has 1 aromatic carbocycles. The van der Waals surface area contributed by atoms with Crippen molar-refractivity contribution in [1.82, 2.24) is 9.55 Å². The molecule has 0 saturated heterocycles. The van der Waals surface area contributed by atoms with Crippen LogP contribution in [0.25, 0.3) is 11.0 Å². The third-order valence-corrected chi connectivity index (χ3v) is 2.62. The van der Waals surface area contributed by atoms with Gasteiger partial charge in [-0.1, -0.05) is 12.1 Å². The van der Waals surface area contributed by atoms with Crippen molar-refractivity contribution >= 4 is 17.0 Å². The molecule has 90 valence electrons. The predicted octanol–water partition coefficient (Wildman–Crippen LogP) is -1.96. The Morgan fingerprint density at radius 1 is 1.39 bits per heavy atom. The zero-order chi connectivity index (χ0) is 12.3. The van der Waals surface area contributed by atoms with Gasteiger partial charge in [0.2, 0.25) is 0 Å². The van der Waals surface area contributed by atoms with Crippen LogP contribution in [0.15, 0.2) is 24.3 Å². The van der Waals surface area contributed by atoms with Gasteiger partial charge in [-0.3, -0.25) is 0 Å². The summed E-state index contributed by atoms with van der Waals surface area (Å²) in [7, 11) is 0. The number of nitrogens with zero attached hydrogens (tertiary/aromatic N) is 2. The molecule has 0 N–H and O–H groups in total. The molecule has 0 saturated carbocycles. The van der Waals surface area contributed by atoms with E-state index in [4.69, 9.17) is 0 Å². The van der Waals surface area contributed by atoms with Crippen LogP contribution in [0.3, 0.4) is 0 Å². The fraction of sp³-hybridized carbons (Fsp3) is 0.333. The van der Waals surface area contributed by atoms with E-state index in [1.165, 1.54) is 0 Å². The maximum atomic E-state index is 12.8. The Hall–Kier alpha value is -0.910. The molecule has 0 bridgehead atoms. The Bertz CT molecular complexity index is 542. The van der Waals surface area contributed by atoms with Gasteiger partial charge in [-0.15, -0.1) is 0 Å². The van der Waals surface area contributed by atoms with Gasteiger partial charge in [0.15, 0.2) is 0 Å². The number of carbonyl (C=O) groups is 1. The van der Waals surface area contributed by atoms with Crippen LogP contribution in [-0.4, -0.2) is 15.5 Å². The molecule has 0 radical (unpaired) electrons. The Balaban J connectivity index is 0.00000162. The van der Waals surface area contributed by atoms with Crippen LogP contribution in [-0.2, 0) is 18.0 Å². The summed E-state index contributed by atoms with van der Waals surface area (Å²) in [5.41, 5.74) is 1.56. The Kier molecular flexibility index (Phi) is 5.78. The van der Waals surface area contributed by atoms with E-state index in [1.807, 2.05) is 24.3 Å². The van der Waals surface area contributed by atoms with Crippen LogP contribution >= 0.6 is 0 Å². The van der Waals surface area contributed by atoms with E-state index in [2.05, 4.69) is 4.98 Å². The molecule has 4 nitrogen and oxygen atoms in total. The van der Waals surface area contributed by atoms with E-state index >= 15 is 0 Å². The molecule has 1 aromatic heterocycles. The number of alkyl halides is 1. The fourth-order valence-electron chi connectivity index (χ4n) is 1.86. The summed E-state index contributed by atoms with van der Waals surface area (Å²) >= 11 is 0. The Morgan fingerprint density at radius 3 is 2.78 bits per heavy atom. The number of imidazole rings is 1. The number of fused-ring (bicyclic) bond motifs is 1. The van der Waals surface area contributed by atoms with E-state index < -0.39 is 12.6 Å². The average Bonchev–Trinajstić information content (AvgIpc) is 2.67. The number of hydrogen-bond donors (Lipinski definition) is 0. The van der Waals surface area contributed by atoms with Gasteiger partial charge in [-0.05, 0) is 25.0 Å².